The van der Waals surface area contributed by atoms with Gasteiger partial charge in [0.15, 0.2) is 5.82 Å². The third-order valence-corrected chi connectivity index (χ3v) is 3.43. The predicted molar refractivity (Wildman–Crippen MR) is 67.7 cm³/mol. The molecule has 1 aliphatic carbocycles. The third-order valence-electron chi connectivity index (χ3n) is 3.43. The number of rotatable bonds is 5. The summed E-state index contributed by atoms with van der Waals surface area (Å²) in [5.41, 5.74) is 3.01. The van der Waals surface area contributed by atoms with E-state index >= 15 is 0 Å². The molecule has 1 aromatic rings. The van der Waals surface area contributed by atoms with Gasteiger partial charge in [-0.25, -0.2) is 15.8 Å². The van der Waals surface area contributed by atoms with Crippen LogP contribution in [0.3, 0.4) is 0 Å². The second-order valence-electron chi connectivity index (χ2n) is 4.55. The molecule has 0 spiro atoms. The van der Waals surface area contributed by atoms with E-state index in [2.05, 4.69) is 15.4 Å². The van der Waals surface area contributed by atoms with Gasteiger partial charge in [-0.2, -0.15) is 0 Å². The Morgan fingerprint density at radius 3 is 2.61 bits per heavy atom. The van der Waals surface area contributed by atoms with Crippen molar-refractivity contribution in [1.82, 2.24) is 9.97 Å². The first-order valence-corrected chi connectivity index (χ1v) is 6.13. The van der Waals surface area contributed by atoms with E-state index in [1.165, 1.54) is 0 Å². The van der Waals surface area contributed by atoms with Crippen LogP contribution in [0.25, 0.3) is 0 Å². The Morgan fingerprint density at radius 1 is 1.33 bits per heavy atom. The number of nitrogens with one attached hydrogen (secondary N) is 1. The molecule has 100 valence electrons. The lowest BCUT2D eigenvalue weighted by Crippen LogP contribution is -2.28. The van der Waals surface area contributed by atoms with E-state index in [1.807, 2.05) is 0 Å². The first-order chi connectivity index (χ1) is 8.74. The number of hydrogen-bond acceptors (Lipinski definition) is 6. The average Bonchev–Trinajstić information content (AvgIpc) is 2.88. The van der Waals surface area contributed by atoms with E-state index in [4.69, 9.17) is 15.3 Å². The lowest BCUT2D eigenvalue weighted by Gasteiger charge is -2.26. The maximum Gasteiger partial charge on any atom is 0.162 e. The van der Waals surface area contributed by atoms with Crippen LogP contribution in [0.15, 0.2) is 6.07 Å². The fourth-order valence-corrected chi connectivity index (χ4v) is 2.46. The Labute approximate surface area is 107 Å². The monoisotopic (exact) mass is 252 g/mol. The van der Waals surface area contributed by atoms with Gasteiger partial charge in [0.1, 0.15) is 11.4 Å². The fraction of sp³-hybridized carbons (Fsp3) is 0.667. The molecule has 1 heterocycles. The normalized spacial score (nSPS) is 17.9. The van der Waals surface area contributed by atoms with Crippen LogP contribution in [-0.2, 0) is 21.7 Å². The topological polar surface area (TPSA) is 82.3 Å². The molecule has 6 nitrogen and oxygen atoms in total. The van der Waals surface area contributed by atoms with Crippen molar-refractivity contribution in [2.75, 3.05) is 19.6 Å². The minimum absolute atomic E-state index is 0.366. The first kappa shape index (κ1) is 13.2. The zero-order chi connectivity index (χ0) is 13.0. The highest BCUT2D eigenvalue weighted by Crippen LogP contribution is 2.40. The Kier molecular flexibility index (Phi) is 4.11. The van der Waals surface area contributed by atoms with Gasteiger partial charge in [-0.05, 0) is 25.7 Å². The number of hydrogen-bond donors (Lipinski definition) is 2. The zero-order valence-corrected chi connectivity index (χ0v) is 10.9. The molecule has 3 N–H and O–H groups in total. The number of nitrogen functional groups attached to an aromatic ring is 1. The van der Waals surface area contributed by atoms with Gasteiger partial charge < -0.3 is 14.9 Å². The van der Waals surface area contributed by atoms with Gasteiger partial charge in [-0.15, -0.1) is 0 Å². The Morgan fingerprint density at radius 2 is 2.06 bits per heavy atom. The summed E-state index contributed by atoms with van der Waals surface area (Å²) in [6.45, 7) is 0.435. The van der Waals surface area contributed by atoms with E-state index in [1.54, 1.807) is 20.3 Å². The molecule has 0 aromatic carbocycles. The summed E-state index contributed by atoms with van der Waals surface area (Å²) in [5.74, 6) is 6.74. The first-order valence-electron chi connectivity index (χ1n) is 6.13. The second-order valence-corrected chi connectivity index (χ2v) is 4.55. The maximum atomic E-state index is 5.68. The molecule has 0 saturated heterocycles. The van der Waals surface area contributed by atoms with Gasteiger partial charge in [0.05, 0.1) is 12.3 Å². The van der Waals surface area contributed by atoms with E-state index < -0.39 is 0 Å². The number of ether oxygens (including phenoxy) is 2. The zero-order valence-electron chi connectivity index (χ0n) is 10.9. The van der Waals surface area contributed by atoms with Gasteiger partial charge in [0.2, 0.25) is 0 Å². The molecule has 0 unspecified atom stereocenters. The lowest BCUT2D eigenvalue weighted by molar-refractivity contribution is -0.0165. The van der Waals surface area contributed by atoms with Crippen LogP contribution in [0, 0.1) is 0 Å². The summed E-state index contributed by atoms with van der Waals surface area (Å²) < 4.78 is 10.8. The molecule has 2 rings (SSSR count). The van der Waals surface area contributed by atoms with Crippen molar-refractivity contribution >= 4 is 5.82 Å². The largest absolute Gasteiger partial charge is 0.378 e. The summed E-state index contributed by atoms with van der Waals surface area (Å²) in [6, 6.07) is 1.78. The molecule has 0 bridgehead atoms. The second kappa shape index (κ2) is 5.60. The van der Waals surface area contributed by atoms with Crippen LogP contribution in [-0.4, -0.2) is 24.2 Å². The molecule has 1 fully saturated rings. The summed E-state index contributed by atoms with van der Waals surface area (Å²) >= 11 is 0. The van der Waals surface area contributed by atoms with Crippen LogP contribution in [0.1, 0.15) is 37.2 Å². The molecule has 0 aliphatic heterocycles. The molecule has 1 saturated carbocycles. The Hall–Kier alpha value is -1.24. The van der Waals surface area contributed by atoms with E-state index in [0.717, 1.165) is 31.4 Å². The van der Waals surface area contributed by atoms with E-state index in [0.29, 0.717) is 18.2 Å². The molecule has 1 aliphatic rings. The van der Waals surface area contributed by atoms with Crippen molar-refractivity contribution in [3.8, 4) is 0 Å². The number of nitrogens with zero attached hydrogens (tertiary/aromatic N) is 2. The molecular formula is C12H20N4O2. The third kappa shape index (κ3) is 2.45. The average molecular weight is 252 g/mol. The number of anilines is 1. The number of nitrogens with two attached hydrogens (primary N) is 1. The highest BCUT2D eigenvalue weighted by atomic mass is 16.5. The van der Waals surface area contributed by atoms with Crippen molar-refractivity contribution in [2.24, 2.45) is 5.84 Å². The van der Waals surface area contributed by atoms with Gasteiger partial charge in [0.25, 0.3) is 0 Å². The SMILES string of the molecule is COCc1cc(NN)nc(C2(OC)CCCC2)n1. The minimum atomic E-state index is -0.366. The van der Waals surface area contributed by atoms with Crippen LogP contribution >= 0.6 is 0 Å². The number of methoxy groups -OCH3 is 2. The smallest absolute Gasteiger partial charge is 0.162 e. The van der Waals surface area contributed by atoms with Gasteiger partial charge in [-0.1, -0.05) is 0 Å². The molecule has 1 aromatic heterocycles. The fourth-order valence-electron chi connectivity index (χ4n) is 2.46. The van der Waals surface area contributed by atoms with Crippen LogP contribution in [0.2, 0.25) is 0 Å². The molecule has 18 heavy (non-hydrogen) atoms. The van der Waals surface area contributed by atoms with Gasteiger partial charge in [0, 0.05) is 20.3 Å². The Balaban J connectivity index is 2.38. The van der Waals surface area contributed by atoms with Crippen LogP contribution < -0.4 is 11.3 Å². The van der Waals surface area contributed by atoms with E-state index in [9.17, 15) is 0 Å². The summed E-state index contributed by atoms with van der Waals surface area (Å²) in [4.78, 5) is 8.97. The van der Waals surface area contributed by atoms with Gasteiger partial charge >= 0.3 is 0 Å². The van der Waals surface area contributed by atoms with Crippen molar-refractivity contribution in [2.45, 2.75) is 37.9 Å². The maximum absolute atomic E-state index is 5.68. The molecule has 0 atom stereocenters. The lowest BCUT2D eigenvalue weighted by atomic mass is 10.0. The highest BCUT2D eigenvalue weighted by Gasteiger charge is 2.38. The minimum Gasteiger partial charge on any atom is -0.378 e. The van der Waals surface area contributed by atoms with Crippen molar-refractivity contribution in [3.05, 3.63) is 17.6 Å². The van der Waals surface area contributed by atoms with E-state index in [-0.39, 0.29) is 5.60 Å². The Bertz CT molecular complexity index is 405. The predicted octanol–water partition coefficient (Wildman–Crippen LogP) is 1.32. The van der Waals surface area contributed by atoms with Crippen LogP contribution in [0.4, 0.5) is 5.82 Å². The number of aromatic nitrogens is 2. The summed E-state index contributed by atoms with van der Waals surface area (Å²) in [7, 11) is 3.35. The van der Waals surface area contributed by atoms with Crippen molar-refractivity contribution in [1.29, 1.82) is 0 Å². The quantitative estimate of drug-likeness (QED) is 0.607. The summed E-state index contributed by atoms with van der Waals surface area (Å²) in [5, 5.41) is 0. The molecule has 0 radical (unpaired) electrons. The number of hydrazine groups is 1. The van der Waals surface area contributed by atoms with Crippen LogP contribution in [0.5, 0.6) is 0 Å². The standard InChI is InChI=1S/C12H20N4O2/c1-17-8-9-7-10(16-13)15-11(14-9)12(18-2)5-3-4-6-12/h7H,3-6,8,13H2,1-2H3,(H,14,15,16). The highest BCUT2D eigenvalue weighted by molar-refractivity contribution is 5.35. The summed E-state index contributed by atoms with van der Waals surface area (Å²) in [6.07, 6.45) is 4.17. The molecular weight excluding hydrogens is 232 g/mol. The van der Waals surface area contributed by atoms with Crippen molar-refractivity contribution < 1.29 is 9.47 Å². The molecule has 6 heteroatoms. The van der Waals surface area contributed by atoms with Gasteiger partial charge in [-0.3, -0.25) is 0 Å². The van der Waals surface area contributed by atoms with Crippen molar-refractivity contribution in [3.63, 3.8) is 0 Å². The molecule has 0 amide bonds.